The van der Waals surface area contributed by atoms with Crippen LogP contribution in [0.1, 0.15) is 5.56 Å². The second-order valence-electron chi connectivity index (χ2n) is 2.71. The maximum absolute atomic E-state index is 11.1. The first-order chi connectivity index (χ1) is 6.32. The van der Waals surface area contributed by atoms with Gasteiger partial charge in [0.2, 0.25) is 10.0 Å². The van der Waals surface area contributed by atoms with E-state index in [-0.39, 0.29) is 16.3 Å². The van der Waals surface area contributed by atoms with Crippen LogP contribution in [0.15, 0.2) is 23.1 Å². The lowest BCUT2D eigenvalue weighted by Gasteiger charge is -2.06. The van der Waals surface area contributed by atoms with Crippen molar-refractivity contribution in [3.63, 3.8) is 0 Å². The van der Waals surface area contributed by atoms with Gasteiger partial charge in [0.25, 0.3) is 0 Å². The molecular weight excluding hydrogens is 204 g/mol. The predicted octanol–water partition coefficient (Wildman–Crippen LogP) is -0.800. The Labute approximate surface area is 81.3 Å². The average molecular weight is 214 g/mol. The molecule has 76 valence electrons. The molecule has 1 rings (SSSR count). The van der Waals surface area contributed by atoms with Crippen molar-refractivity contribution < 1.29 is 8.42 Å². The van der Waals surface area contributed by atoms with Gasteiger partial charge in [-0.1, -0.05) is 0 Å². The van der Waals surface area contributed by atoms with Crippen molar-refractivity contribution in [2.24, 2.45) is 10.9 Å². The van der Waals surface area contributed by atoms with Crippen LogP contribution in [0.25, 0.3) is 0 Å². The number of sulfonamides is 1. The average Bonchev–Trinajstić information content (AvgIpc) is 2.01. The number of hydrogen-bond acceptors (Lipinski definition) is 4. The van der Waals surface area contributed by atoms with Crippen molar-refractivity contribution in [1.82, 2.24) is 0 Å². The highest BCUT2D eigenvalue weighted by molar-refractivity contribution is 7.89. The van der Waals surface area contributed by atoms with Crippen molar-refractivity contribution in [3.05, 3.63) is 23.8 Å². The molecule has 0 heterocycles. The van der Waals surface area contributed by atoms with Crippen LogP contribution < -0.4 is 16.6 Å². The van der Waals surface area contributed by atoms with E-state index in [2.05, 4.69) is 0 Å². The van der Waals surface area contributed by atoms with Crippen LogP contribution in [0.2, 0.25) is 0 Å². The van der Waals surface area contributed by atoms with Gasteiger partial charge < -0.3 is 11.5 Å². The number of benzene rings is 1. The van der Waals surface area contributed by atoms with Crippen LogP contribution in [-0.4, -0.2) is 14.3 Å². The van der Waals surface area contributed by atoms with E-state index in [9.17, 15) is 8.42 Å². The van der Waals surface area contributed by atoms with E-state index in [0.717, 1.165) is 0 Å². The van der Waals surface area contributed by atoms with E-state index in [0.29, 0.717) is 5.69 Å². The third kappa shape index (κ3) is 2.01. The zero-order valence-corrected chi connectivity index (χ0v) is 8.01. The molecular formula is C7H10N4O2S. The highest BCUT2D eigenvalue weighted by Crippen LogP contribution is 2.16. The zero-order valence-electron chi connectivity index (χ0n) is 7.19. The van der Waals surface area contributed by atoms with E-state index in [4.69, 9.17) is 22.0 Å². The van der Waals surface area contributed by atoms with Gasteiger partial charge in [0.05, 0.1) is 4.90 Å². The molecule has 0 saturated carbocycles. The third-order valence-electron chi connectivity index (χ3n) is 1.60. The Hall–Kier alpha value is -1.60. The summed E-state index contributed by atoms with van der Waals surface area (Å²) >= 11 is 0. The van der Waals surface area contributed by atoms with Gasteiger partial charge in [0.15, 0.2) is 0 Å². The smallest absolute Gasteiger partial charge is 0.238 e. The standard InChI is InChI=1S/C7H10N4O2S/c8-4-1-2-6(14(11,12)13)5(3-4)7(9)10/h1-3H,8H2,(H3,9,10)(H2,11,12,13). The Morgan fingerprint density at radius 1 is 1.36 bits per heavy atom. The highest BCUT2D eigenvalue weighted by atomic mass is 32.2. The molecule has 0 fully saturated rings. The first-order valence-corrected chi connectivity index (χ1v) is 5.13. The Morgan fingerprint density at radius 3 is 2.36 bits per heavy atom. The molecule has 0 saturated heterocycles. The van der Waals surface area contributed by atoms with Gasteiger partial charge in [-0.25, -0.2) is 13.6 Å². The number of primary sulfonamides is 1. The normalized spacial score (nSPS) is 11.2. The first-order valence-electron chi connectivity index (χ1n) is 3.59. The van der Waals surface area contributed by atoms with Gasteiger partial charge in [-0.05, 0) is 18.2 Å². The largest absolute Gasteiger partial charge is 0.399 e. The molecule has 0 radical (unpaired) electrons. The van der Waals surface area contributed by atoms with Crippen LogP contribution in [0.5, 0.6) is 0 Å². The second kappa shape index (κ2) is 3.28. The van der Waals surface area contributed by atoms with E-state index >= 15 is 0 Å². The van der Waals surface area contributed by atoms with Gasteiger partial charge in [-0.2, -0.15) is 0 Å². The van der Waals surface area contributed by atoms with Crippen LogP contribution in [0.4, 0.5) is 5.69 Å². The Bertz CT molecular complexity index is 480. The Balaban J connectivity index is 3.53. The fraction of sp³-hybridized carbons (Fsp3) is 0. The van der Waals surface area contributed by atoms with Crippen LogP contribution in [-0.2, 0) is 10.0 Å². The topological polar surface area (TPSA) is 136 Å². The molecule has 0 spiro atoms. The van der Waals surface area contributed by atoms with Crippen LogP contribution in [0.3, 0.4) is 0 Å². The summed E-state index contributed by atoms with van der Waals surface area (Å²) in [7, 11) is -3.87. The Morgan fingerprint density at radius 2 is 1.93 bits per heavy atom. The number of nitrogen functional groups attached to an aromatic ring is 2. The number of amidine groups is 1. The maximum atomic E-state index is 11.1. The SMILES string of the molecule is N=C(N)c1cc(N)ccc1S(N)(=O)=O. The van der Waals surface area contributed by atoms with Crippen molar-refractivity contribution in [1.29, 1.82) is 5.41 Å². The monoisotopic (exact) mass is 214 g/mol. The summed E-state index contributed by atoms with van der Waals surface area (Å²) < 4.78 is 22.1. The van der Waals surface area contributed by atoms with Crippen molar-refractivity contribution in [2.45, 2.75) is 4.90 Å². The van der Waals surface area contributed by atoms with Crippen molar-refractivity contribution in [2.75, 3.05) is 5.73 Å². The number of rotatable bonds is 2. The summed E-state index contributed by atoms with van der Waals surface area (Å²) in [6.45, 7) is 0. The minimum atomic E-state index is -3.87. The molecule has 6 nitrogen and oxygen atoms in total. The van der Waals surface area contributed by atoms with E-state index in [1.165, 1.54) is 18.2 Å². The molecule has 1 aromatic rings. The van der Waals surface area contributed by atoms with E-state index in [1.54, 1.807) is 0 Å². The number of anilines is 1. The predicted molar refractivity (Wildman–Crippen MR) is 53.2 cm³/mol. The molecule has 7 N–H and O–H groups in total. The molecule has 0 aliphatic carbocycles. The zero-order chi connectivity index (χ0) is 10.9. The summed E-state index contributed by atoms with van der Waals surface area (Å²) in [5.74, 6) is -0.388. The lowest BCUT2D eigenvalue weighted by molar-refractivity contribution is 0.597. The lowest BCUT2D eigenvalue weighted by atomic mass is 10.2. The van der Waals surface area contributed by atoms with Gasteiger partial charge in [-0.3, -0.25) is 5.41 Å². The van der Waals surface area contributed by atoms with Gasteiger partial charge in [-0.15, -0.1) is 0 Å². The minimum absolute atomic E-state index is 0.0208. The molecule has 7 heteroatoms. The second-order valence-corrected chi connectivity index (χ2v) is 4.24. The van der Waals surface area contributed by atoms with Gasteiger partial charge in [0.1, 0.15) is 5.84 Å². The number of hydrogen-bond donors (Lipinski definition) is 4. The molecule has 0 unspecified atom stereocenters. The summed E-state index contributed by atoms with van der Waals surface area (Å²) in [5, 5.41) is 12.1. The quantitative estimate of drug-likeness (QED) is 0.291. The molecule has 1 aromatic carbocycles. The summed E-state index contributed by atoms with van der Waals surface area (Å²) in [5.41, 5.74) is 11.0. The minimum Gasteiger partial charge on any atom is -0.399 e. The molecule has 0 bridgehead atoms. The number of nitrogens with one attached hydrogen (secondary N) is 1. The molecule has 0 amide bonds. The molecule has 0 atom stereocenters. The fourth-order valence-corrected chi connectivity index (χ4v) is 1.74. The maximum Gasteiger partial charge on any atom is 0.238 e. The van der Waals surface area contributed by atoms with Gasteiger partial charge >= 0.3 is 0 Å². The summed E-state index contributed by atoms with van der Waals surface area (Å²) in [4.78, 5) is -0.195. The van der Waals surface area contributed by atoms with Crippen molar-refractivity contribution >= 4 is 21.5 Å². The van der Waals surface area contributed by atoms with Gasteiger partial charge in [0, 0.05) is 11.3 Å². The first kappa shape index (κ1) is 10.5. The Kier molecular flexibility index (Phi) is 2.45. The molecule has 0 aliphatic rings. The highest BCUT2D eigenvalue weighted by Gasteiger charge is 2.15. The number of nitrogens with two attached hydrogens (primary N) is 3. The summed E-state index contributed by atoms with van der Waals surface area (Å²) in [6, 6.07) is 3.90. The molecule has 0 aliphatic heterocycles. The molecule has 14 heavy (non-hydrogen) atoms. The third-order valence-corrected chi connectivity index (χ3v) is 2.57. The van der Waals surface area contributed by atoms with E-state index < -0.39 is 10.0 Å². The lowest BCUT2D eigenvalue weighted by Crippen LogP contribution is -2.20. The fourth-order valence-electron chi connectivity index (χ4n) is 1.01. The summed E-state index contributed by atoms with van der Waals surface area (Å²) in [6.07, 6.45) is 0. The van der Waals surface area contributed by atoms with Crippen LogP contribution in [0, 0.1) is 5.41 Å². The van der Waals surface area contributed by atoms with E-state index in [1.807, 2.05) is 0 Å². The van der Waals surface area contributed by atoms with Crippen molar-refractivity contribution in [3.8, 4) is 0 Å². The molecule has 0 aromatic heterocycles. The van der Waals surface area contributed by atoms with Crippen LogP contribution >= 0.6 is 0 Å².